The zero-order valence-corrected chi connectivity index (χ0v) is 10.5. The average molecular weight is 246 g/mol. The maximum atomic E-state index is 11.9. The van der Waals surface area contributed by atoms with Crippen LogP contribution in [0.2, 0.25) is 0 Å². The van der Waals surface area contributed by atoms with Gasteiger partial charge in [-0.2, -0.15) is 5.10 Å². The second-order valence-corrected chi connectivity index (χ2v) is 5.00. The largest absolute Gasteiger partial charge is 0.455 e. The van der Waals surface area contributed by atoms with Gasteiger partial charge in [0.15, 0.2) is 5.69 Å². The molecule has 5 heteroatoms. The van der Waals surface area contributed by atoms with Gasteiger partial charge in [0.2, 0.25) is 0 Å². The van der Waals surface area contributed by atoms with Crippen LogP contribution in [-0.4, -0.2) is 28.1 Å². The topological polar surface area (TPSA) is 72.0 Å². The van der Waals surface area contributed by atoms with Crippen LogP contribution in [0.4, 0.5) is 0 Å². The van der Waals surface area contributed by atoms with Crippen molar-refractivity contribution < 1.29 is 14.3 Å². The highest BCUT2D eigenvalue weighted by molar-refractivity contribution is 6.03. The van der Waals surface area contributed by atoms with Crippen LogP contribution < -0.4 is 0 Å². The van der Waals surface area contributed by atoms with Crippen LogP contribution >= 0.6 is 0 Å². The van der Waals surface area contributed by atoms with Gasteiger partial charge in [-0.05, 0) is 32.9 Å². The van der Waals surface area contributed by atoms with Crippen molar-refractivity contribution in [3.8, 4) is 0 Å². The molecule has 1 aromatic heterocycles. The van der Waals surface area contributed by atoms with E-state index >= 15 is 0 Å². The molecular weight excluding hydrogens is 232 g/mol. The highest BCUT2D eigenvalue weighted by Gasteiger charge is 2.21. The molecule has 0 saturated heterocycles. The predicted molar refractivity (Wildman–Crippen MR) is 66.6 cm³/mol. The second kappa shape index (κ2) is 4.25. The van der Waals surface area contributed by atoms with Crippen molar-refractivity contribution in [2.75, 3.05) is 0 Å². The molecule has 0 atom stereocenters. The predicted octanol–water partition coefficient (Wildman–Crippen LogP) is 2.33. The Morgan fingerprint density at radius 3 is 2.72 bits per heavy atom. The number of hydrogen-bond donors (Lipinski definition) is 1. The standard InChI is InChI=1S/C13H14N2O3/c1-13(2,3)18-12(17)11-9-5-4-8(7-16)6-10(9)14-15-11/h4-7H,1-3H3,(H,14,15). The second-order valence-electron chi connectivity index (χ2n) is 5.00. The molecule has 0 radical (unpaired) electrons. The van der Waals surface area contributed by atoms with Gasteiger partial charge in [-0.3, -0.25) is 9.89 Å². The number of nitrogens with one attached hydrogen (secondary N) is 1. The molecule has 18 heavy (non-hydrogen) atoms. The van der Waals surface area contributed by atoms with Crippen molar-refractivity contribution in [3.05, 3.63) is 29.5 Å². The number of carbonyl (C=O) groups excluding carboxylic acids is 2. The first-order valence-corrected chi connectivity index (χ1v) is 5.57. The lowest BCUT2D eigenvalue weighted by Crippen LogP contribution is -2.24. The molecule has 0 saturated carbocycles. The number of aromatic amines is 1. The molecular formula is C13H14N2O3. The summed E-state index contributed by atoms with van der Waals surface area (Å²) in [5.41, 5.74) is 0.838. The fourth-order valence-corrected chi connectivity index (χ4v) is 1.59. The van der Waals surface area contributed by atoms with E-state index in [0.29, 0.717) is 16.5 Å². The summed E-state index contributed by atoms with van der Waals surface area (Å²) >= 11 is 0. The SMILES string of the molecule is CC(C)(C)OC(=O)c1n[nH]c2cc(C=O)ccc12. The minimum absolute atomic E-state index is 0.234. The van der Waals surface area contributed by atoms with Crippen LogP contribution in [0.5, 0.6) is 0 Å². The third-order valence-corrected chi connectivity index (χ3v) is 2.32. The van der Waals surface area contributed by atoms with E-state index in [9.17, 15) is 9.59 Å². The smallest absolute Gasteiger partial charge is 0.360 e. The van der Waals surface area contributed by atoms with Crippen LogP contribution in [0, 0.1) is 0 Å². The molecule has 0 aliphatic carbocycles. The first-order valence-electron chi connectivity index (χ1n) is 5.57. The summed E-state index contributed by atoms with van der Waals surface area (Å²) < 4.78 is 5.26. The van der Waals surface area contributed by atoms with Gasteiger partial charge in [0.1, 0.15) is 11.9 Å². The van der Waals surface area contributed by atoms with Gasteiger partial charge in [-0.25, -0.2) is 4.79 Å². The number of esters is 1. The molecule has 5 nitrogen and oxygen atoms in total. The van der Waals surface area contributed by atoms with E-state index in [0.717, 1.165) is 6.29 Å². The summed E-state index contributed by atoms with van der Waals surface area (Å²) in [7, 11) is 0. The maximum absolute atomic E-state index is 11.9. The lowest BCUT2D eigenvalue weighted by atomic mass is 10.1. The number of nitrogens with zero attached hydrogens (tertiary/aromatic N) is 1. The Bertz CT molecular complexity index is 608. The fourth-order valence-electron chi connectivity index (χ4n) is 1.59. The number of aldehydes is 1. The molecule has 0 amide bonds. The van der Waals surface area contributed by atoms with Crippen LogP contribution in [0.15, 0.2) is 18.2 Å². The highest BCUT2D eigenvalue weighted by atomic mass is 16.6. The van der Waals surface area contributed by atoms with Crippen LogP contribution in [0.1, 0.15) is 41.6 Å². The fraction of sp³-hybridized carbons (Fsp3) is 0.308. The van der Waals surface area contributed by atoms with E-state index in [1.165, 1.54) is 0 Å². The molecule has 0 bridgehead atoms. The van der Waals surface area contributed by atoms with E-state index in [1.807, 2.05) is 0 Å². The van der Waals surface area contributed by atoms with Gasteiger partial charge >= 0.3 is 5.97 Å². The number of aromatic nitrogens is 2. The van der Waals surface area contributed by atoms with Crippen molar-refractivity contribution in [1.29, 1.82) is 0 Å². The molecule has 0 spiro atoms. The lowest BCUT2D eigenvalue weighted by Gasteiger charge is -2.18. The van der Waals surface area contributed by atoms with Gasteiger partial charge in [-0.15, -0.1) is 0 Å². The normalized spacial score (nSPS) is 11.5. The Hall–Kier alpha value is -2.17. The molecule has 94 valence electrons. The van der Waals surface area contributed by atoms with Crippen molar-refractivity contribution >= 4 is 23.2 Å². The molecule has 2 rings (SSSR count). The molecule has 0 unspecified atom stereocenters. The van der Waals surface area contributed by atoms with Crippen molar-refractivity contribution in [2.24, 2.45) is 0 Å². The van der Waals surface area contributed by atoms with Gasteiger partial charge in [-0.1, -0.05) is 6.07 Å². The summed E-state index contributed by atoms with van der Waals surface area (Å²) in [5, 5.41) is 7.31. The summed E-state index contributed by atoms with van der Waals surface area (Å²) in [4.78, 5) is 22.6. The van der Waals surface area contributed by atoms with Crippen LogP contribution in [0.25, 0.3) is 10.9 Å². The van der Waals surface area contributed by atoms with Crippen LogP contribution in [-0.2, 0) is 4.74 Å². The number of carbonyl (C=O) groups is 2. The zero-order chi connectivity index (χ0) is 13.3. The molecule has 1 aromatic carbocycles. The number of hydrogen-bond acceptors (Lipinski definition) is 4. The van der Waals surface area contributed by atoms with Gasteiger partial charge in [0.25, 0.3) is 0 Å². The van der Waals surface area contributed by atoms with E-state index < -0.39 is 11.6 Å². The number of ether oxygens (including phenoxy) is 1. The minimum Gasteiger partial charge on any atom is -0.455 e. The van der Waals surface area contributed by atoms with Crippen molar-refractivity contribution in [2.45, 2.75) is 26.4 Å². The third-order valence-electron chi connectivity index (χ3n) is 2.32. The number of benzene rings is 1. The third kappa shape index (κ3) is 2.40. The number of fused-ring (bicyclic) bond motifs is 1. The molecule has 0 fully saturated rings. The van der Waals surface area contributed by atoms with E-state index in [2.05, 4.69) is 10.2 Å². The Morgan fingerprint density at radius 1 is 1.39 bits per heavy atom. The van der Waals surface area contributed by atoms with Gasteiger partial charge < -0.3 is 4.74 Å². The quantitative estimate of drug-likeness (QED) is 0.652. The van der Waals surface area contributed by atoms with E-state index in [1.54, 1.807) is 39.0 Å². The summed E-state index contributed by atoms with van der Waals surface area (Å²) in [6, 6.07) is 4.96. The highest BCUT2D eigenvalue weighted by Crippen LogP contribution is 2.19. The maximum Gasteiger partial charge on any atom is 0.360 e. The van der Waals surface area contributed by atoms with Crippen molar-refractivity contribution in [1.82, 2.24) is 10.2 Å². The van der Waals surface area contributed by atoms with E-state index in [-0.39, 0.29) is 5.69 Å². The zero-order valence-electron chi connectivity index (χ0n) is 10.5. The first-order chi connectivity index (χ1) is 8.40. The molecule has 2 aromatic rings. The lowest BCUT2D eigenvalue weighted by molar-refractivity contribution is 0.00650. The Balaban J connectivity index is 2.41. The van der Waals surface area contributed by atoms with Gasteiger partial charge in [0, 0.05) is 10.9 Å². The van der Waals surface area contributed by atoms with Crippen molar-refractivity contribution in [3.63, 3.8) is 0 Å². The summed E-state index contributed by atoms with van der Waals surface area (Å²) in [6.45, 7) is 5.39. The summed E-state index contributed by atoms with van der Waals surface area (Å²) in [6.07, 6.45) is 0.743. The van der Waals surface area contributed by atoms with Crippen LogP contribution in [0.3, 0.4) is 0 Å². The monoisotopic (exact) mass is 246 g/mol. The van der Waals surface area contributed by atoms with E-state index in [4.69, 9.17) is 4.74 Å². The average Bonchev–Trinajstić information content (AvgIpc) is 2.69. The molecule has 1 heterocycles. The number of rotatable bonds is 2. The Kier molecular flexibility index (Phi) is 2.90. The molecule has 0 aliphatic heterocycles. The first kappa shape index (κ1) is 12.3. The molecule has 0 aliphatic rings. The number of H-pyrrole nitrogens is 1. The minimum atomic E-state index is -0.564. The Labute approximate surface area is 104 Å². The summed E-state index contributed by atoms with van der Waals surface area (Å²) in [5.74, 6) is -0.479. The van der Waals surface area contributed by atoms with Gasteiger partial charge in [0.05, 0.1) is 5.52 Å². The molecule has 1 N–H and O–H groups in total. The Morgan fingerprint density at radius 2 is 2.11 bits per heavy atom.